The zero-order valence-corrected chi connectivity index (χ0v) is 18.5. The fourth-order valence-corrected chi connectivity index (χ4v) is 3.68. The summed E-state index contributed by atoms with van der Waals surface area (Å²) in [5.74, 6) is -0.269. The van der Waals surface area contributed by atoms with Gasteiger partial charge in [-0.05, 0) is 42.0 Å². The number of anilines is 1. The van der Waals surface area contributed by atoms with E-state index in [1.807, 2.05) is 24.3 Å². The van der Waals surface area contributed by atoms with Crippen LogP contribution in [0.3, 0.4) is 0 Å². The number of carbonyl (C=O) groups excluding carboxylic acids is 2. The van der Waals surface area contributed by atoms with E-state index in [0.29, 0.717) is 27.8 Å². The van der Waals surface area contributed by atoms with Crippen LogP contribution < -0.4 is 19.9 Å². The Kier molecular flexibility index (Phi) is 6.35. The lowest BCUT2D eigenvalue weighted by Crippen LogP contribution is -2.35. The molecule has 8 heteroatoms. The molecule has 2 amide bonds. The number of hydrogen-bond donors (Lipinski definition) is 1. The van der Waals surface area contributed by atoms with E-state index < -0.39 is 11.8 Å². The van der Waals surface area contributed by atoms with Gasteiger partial charge in [0, 0.05) is 10.6 Å². The van der Waals surface area contributed by atoms with Gasteiger partial charge >= 0.3 is 0 Å². The van der Waals surface area contributed by atoms with E-state index in [2.05, 4.69) is 5.43 Å². The molecular formula is C24H18Cl2N2O4. The van der Waals surface area contributed by atoms with Gasteiger partial charge in [-0.1, -0.05) is 59.6 Å². The molecule has 1 aliphatic heterocycles. The summed E-state index contributed by atoms with van der Waals surface area (Å²) in [6.45, 7) is 0.198. The van der Waals surface area contributed by atoms with Crippen LogP contribution in [-0.2, 0) is 16.2 Å². The van der Waals surface area contributed by atoms with Gasteiger partial charge in [0.1, 0.15) is 12.2 Å². The molecule has 4 rings (SSSR count). The maximum Gasteiger partial charge on any atom is 0.282 e. The number of halogens is 2. The minimum atomic E-state index is -0.506. The Morgan fingerprint density at radius 2 is 1.69 bits per heavy atom. The Hall–Kier alpha value is -3.48. The van der Waals surface area contributed by atoms with E-state index in [-0.39, 0.29) is 17.2 Å². The average molecular weight is 469 g/mol. The first-order chi connectivity index (χ1) is 15.5. The molecule has 1 N–H and O–H groups in total. The lowest BCUT2D eigenvalue weighted by Gasteiger charge is -2.14. The standard InChI is InChI=1S/C24H18Cl2N2O4/c1-31-21-13-15(12-20(26)22(21)32-14-16-7-5-6-10-19(16)25)11-18-23(29)27-28(24(18)30)17-8-3-2-4-9-17/h2-13H,14H2,1H3,(H,27,29). The second-order valence-electron chi connectivity index (χ2n) is 6.89. The number of amides is 2. The zero-order chi connectivity index (χ0) is 22.7. The smallest absolute Gasteiger partial charge is 0.282 e. The van der Waals surface area contributed by atoms with Crippen LogP contribution in [0.2, 0.25) is 10.0 Å². The molecule has 0 bridgehead atoms. The first-order valence-corrected chi connectivity index (χ1v) is 10.4. The molecule has 0 unspecified atom stereocenters. The minimum Gasteiger partial charge on any atom is -0.493 e. The summed E-state index contributed by atoms with van der Waals surface area (Å²) in [4.78, 5) is 25.2. The molecule has 3 aromatic rings. The third-order valence-electron chi connectivity index (χ3n) is 4.80. The number of methoxy groups -OCH3 is 1. The number of rotatable bonds is 6. The topological polar surface area (TPSA) is 67.9 Å². The lowest BCUT2D eigenvalue weighted by molar-refractivity contribution is -0.117. The molecule has 1 fully saturated rings. The molecule has 1 heterocycles. The Bertz CT molecular complexity index is 1210. The molecule has 0 aliphatic carbocycles. The summed E-state index contributed by atoms with van der Waals surface area (Å²) in [5, 5.41) is 2.06. The van der Waals surface area contributed by atoms with Crippen molar-refractivity contribution in [1.29, 1.82) is 0 Å². The van der Waals surface area contributed by atoms with Crippen molar-refractivity contribution in [3.8, 4) is 11.5 Å². The van der Waals surface area contributed by atoms with Crippen molar-refractivity contribution in [1.82, 2.24) is 5.43 Å². The van der Waals surface area contributed by atoms with Gasteiger partial charge in [0.15, 0.2) is 11.5 Å². The van der Waals surface area contributed by atoms with Crippen molar-refractivity contribution >= 4 is 46.8 Å². The SMILES string of the molecule is COc1cc(C=C2C(=O)NN(c3ccccc3)C2=O)cc(Cl)c1OCc1ccccc1Cl. The second kappa shape index (κ2) is 9.34. The molecule has 6 nitrogen and oxygen atoms in total. The first kappa shape index (κ1) is 21.7. The quantitative estimate of drug-likeness (QED) is 0.406. The van der Waals surface area contributed by atoms with Gasteiger partial charge in [-0.25, -0.2) is 5.01 Å². The summed E-state index contributed by atoms with van der Waals surface area (Å²) in [5.41, 5.74) is 4.43. The van der Waals surface area contributed by atoms with Gasteiger partial charge in [0.2, 0.25) is 0 Å². The molecule has 3 aromatic carbocycles. The highest BCUT2D eigenvalue weighted by Gasteiger charge is 2.34. The Morgan fingerprint density at radius 1 is 0.969 bits per heavy atom. The highest BCUT2D eigenvalue weighted by molar-refractivity contribution is 6.33. The molecular weight excluding hydrogens is 451 g/mol. The van der Waals surface area contributed by atoms with Crippen molar-refractivity contribution in [2.75, 3.05) is 12.1 Å². The number of carbonyl (C=O) groups is 2. The minimum absolute atomic E-state index is 0.0169. The molecule has 1 aliphatic rings. The maximum atomic E-state index is 12.8. The third kappa shape index (κ3) is 4.42. The van der Waals surface area contributed by atoms with Crippen LogP contribution >= 0.6 is 23.2 Å². The van der Waals surface area contributed by atoms with Crippen LogP contribution in [0.5, 0.6) is 11.5 Å². The van der Waals surface area contributed by atoms with E-state index in [9.17, 15) is 9.59 Å². The summed E-state index contributed by atoms with van der Waals surface area (Å²) < 4.78 is 11.3. The fourth-order valence-electron chi connectivity index (χ4n) is 3.21. The number of hydrogen-bond acceptors (Lipinski definition) is 4. The number of nitrogens with one attached hydrogen (secondary N) is 1. The van der Waals surface area contributed by atoms with Gasteiger partial charge in [-0.3, -0.25) is 15.0 Å². The monoisotopic (exact) mass is 468 g/mol. The van der Waals surface area contributed by atoms with Gasteiger partial charge in [0.05, 0.1) is 17.8 Å². The molecule has 0 radical (unpaired) electrons. The average Bonchev–Trinajstić information content (AvgIpc) is 3.08. The van der Waals surface area contributed by atoms with Gasteiger partial charge in [-0.2, -0.15) is 0 Å². The van der Waals surface area contributed by atoms with Gasteiger partial charge in [0.25, 0.3) is 11.8 Å². The Labute approximate surface area is 194 Å². The molecule has 0 aromatic heterocycles. The summed E-state index contributed by atoms with van der Waals surface area (Å²) in [6, 6.07) is 19.4. The molecule has 0 saturated carbocycles. The predicted molar refractivity (Wildman–Crippen MR) is 124 cm³/mol. The number of ether oxygens (including phenoxy) is 2. The van der Waals surface area contributed by atoms with Crippen LogP contribution in [0.25, 0.3) is 6.08 Å². The van der Waals surface area contributed by atoms with Crippen LogP contribution in [-0.4, -0.2) is 18.9 Å². The summed E-state index contributed by atoms with van der Waals surface area (Å²) >= 11 is 12.6. The summed E-state index contributed by atoms with van der Waals surface area (Å²) in [7, 11) is 1.48. The number of para-hydroxylation sites is 1. The summed E-state index contributed by atoms with van der Waals surface area (Å²) in [6.07, 6.45) is 1.47. The van der Waals surface area contributed by atoms with Crippen molar-refractivity contribution in [3.05, 3.63) is 93.5 Å². The van der Waals surface area contributed by atoms with E-state index >= 15 is 0 Å². The van der Waals surface area contributed by atoms with Crippen molar-refractivity contribution in [2.24, 2.45) is 0 Å². The largest absolute Gasteiger partial charge is 0.493 e. The maximum absolute atomic E-state index is 12.8. The molecule has 32 heavy (non-hydrogen) atoms. The van der Waals surface area contributed by atoms with Gasteiger partial charge in [-0.15, -0.1) is 0 Å². The van der Waals surface area contributed by atoms with Crippen LogP contribution in [0.4, 0.5) is 5.69 Å². The van der Waals surface area contributed by atoms with Crippen LogP contribution in [0.1, 0.15) is 11.1 Å². The first-order valence-electron chi connectivity index (χ1n) is 9.64. The van der Waals surface area contributed by atoms with Gasteiger partial charge < -0.3 is 9.47 Å². The normalized spacial score (nSPS) is 14.6. The Balaban J connectivity index is 1.60. The van der Waals surface area contributed by atoms with Crippen molar-refractivity contribution < 1.29 is 19.1 Å². The molecule has 1 saturated heterocycles. The number of nitrogens with zero attached hydrogens (tertiary/aromatic N) is 1. The number of benzene rings is 3. The molecule has 0 spiro atoms. The Morgan fingerprint density at radius 3 is 2.41 bits per heavy atom. The highest BCUT2D eigenvalue weighted by Crippen LogP contribution is 2.38. The highest BCUT2D eigenvalue weighted by atomic mass is 35.5. The van der Waals surface area contributed by atoms with E-state index in [4.69, 9.17) is 32.7 Å². The van der Waals surface area contributed by atoms with Crippen LogP contribution in [0.15, 0.2) is 72.3 Å². The molecule has 162 valence electrons. The van der Waals surface area contributed by atoms with Crippen molar-refractivity contribution in [2.45, 2.75) is 6.61 Å². The van der Waals surface area contributed by atoms with E-state index in [0.717, 1.165) is 5.56 Å². The zero-order valence-electron chi connectivity index (χ0n) is 17.0. The second-order valence-corrected chi connectivity index (χ2v) is 7.70. The fraction of sp³-hybridized carbons (Fsp3) is 0.0833. The third-order valence-corrected chi connectivity index (χ3v) is 5.45. The predicted octanol–water partition coefficient (Wildman–Crippen LogP) is 5.04. The van der Waals surface area contributed by atoms with Crippen molar-refractivity contribution in [3.63, 3.8) is 0 Å². The lowest BCUT2D eigenvalue weighted by atomic mass is 10.1. The number of hydrazine groups is 1. The van der Waals surface area contributed by atoms with E-state index in [1.54, 1.807) is 42.5 Å². The van der Waals surface area contributed by atoms with Crippen LogP contribution in [0, 0.1) is 0 Å². The van der Waals surface area contributed by atoms with E-state index in [1.165, 1.54) is 18.2 Å². The molecule has 0 atom stereocenters.